The van der Waals surface area contributed by atoms with Gasteiger partial charge in [0.15, 0.2) is 0 Å². The number of benzene rings is 1. The molecule has 118 valence electrons. The lowest BCUT2D eigenvalue weighted by Crippen LogP contribution is -2.42. The fourth-order valence-electron chi connectivity index (χ4n) is 3.07. The monoisotopic (exact) mass is 374 g/mol. The van der Waals surface area contributed by atoms with Crippen LogP contribution in [0.3, 0.4) is 0 Å². The number of nitrogens with two attached hydrogens (primary N) is 1. The summed E-state index contributed by atoms with van der Waals surface area (Å²) in [5, 5.41) is 0. The molecule has 0 radical (unpaired) electrons. The Morgan fingerprint density at radius 3 is 2.67 bits per heavy atom. The van der Waals surface area contributed by atoms with Crippen LogP contribution in [0, 0.1) is 12.8 Å². The van der Waals surface area contributed by atoms with Crippen LogP contribution in [0.5, 0.6) is 0 Å². The van der Waals surface area contributed by atoms with Crippen LogP contribution in [-0.4, -0.2) is 14.5 Å². The first-order valence-corrected chi connectivity index (χ1v) is 9.70. The van der Waals surface area contributed by atoms with Gasteiger partial charge in [0.2, 0.25) is 10.0 Å². The average molecular weight is 375 g/mol. The zero-order valence-corrected chi connectivity index (χ0v) is 14.9. The second-order valence-electron chi connectivity index (χ2n) is 5.82. The van der Waals surface area contributed by atoms with Crippen LogP contribution in [0.1, 0.15) is 44.6 Å². The van der Waals surface area contributed by atoms with Crippen LogP contribution >= 0.6 is 15.9 Å². The van der Waals surface area contributed by atoms with Crippen molar-refractivity contribution >= 4 is 31.6 Å². The predicted octanol–water partition coefficient (Wildman–Crippen LogP) is 3.59. The Balaban J connectivity index is 2.28. The molecule has 0 bridgehead atoms. The van der Waals surface area contributed by atoms with E-state index in [4.69, 9.17) is 5.73 Å². The van der Waals surface area contributed by atoms with Crippen molar-refractivity contribution in [2.75, 3.05) is 5.73 Å². The summed E-state index contributed by atoms with van der Waals surface area (Å²) < 4.78 is 29.0. The molecule has 0 heterocycles. The molecule has 1 aromatic carbocycles. The molecule has 0 aromatic heterocycles. The summed E-state index contributed by atoms with van der Waals surface area (Å²) in [4.78, 5) is 0.281. The van der Waals surface area contributed by atoms with Crippen molar-refractivity contribution in [3.05, 3.63) is 22.2 Å². The van der Waals surface area contributed by atoms with Gasteiger partial charge in [-0.3, -0.25) is 0 Å². The highest BCUT2D eigenvalue weighted by Gasteiger charge is 2.29. The van der Waals surface area contributed by atoms with Gasteiger partial charge in [0, 0.05) is 16.2 Å². The number of rotatable bonds is 4. The molecule has 2 atom stereocenters. The normalized spacial score (nSPS) is 23.2. The molecule has 0 spiro atoms. The third-order valence-electron chi connectivity index (χ3n) is 4.32. The van der Waals surface area contributed by atoms with Crippen LogP contribution < -0.4 is 10.5 Å². The molecule has 1 fully saturated rings. The van der Waals surface area contributed by atoms with E-state index >= 15 is 0 Å². The number of aryl methyl sites for hydroxylation is 1. The van der Waals surface area contributed by atoms with Gasteiger partial charge in [0.25, 0.3) is 0 Å². The van der Waals surface area contributed by atoms with E-state index in [1.165, 1.54) is 12.5 Å². The van der Waals surface area contributed by atoms with Crippen LogP contribution in [0.25, 0.3) is 0 Å². The topological polar surface area (TPSA) is 72.2 Å². The molecule has 4 nitrogen and oxygen atoms in total. The molecule has 1 aliphatic rings. The molecule has 2 unspecified atom stereocenters. The molecule has 1 aliphatic carbocycles. The molecule has 21 heavy (non-hydrogen) atoms. The number of sulfonamides is 1. The van der Waals surface area contributed by atoms with Crippen LogP contribution in [0.4, 0.5) is 5.69 Å². The summed E-state index contributed by atoms with van der Waals surface area (Å²) in [7, 11) is -3.52. The predicted molar refractivity (Wildman–Crippen MR) is 89.6 cm³/mol. The Labute approximate surface area is 135 Å². The molecular formula is C15H23BrN2O2S. The first kappa shape index (κ1) is 16.8. The van der Waals surface area contributed by atoms with Crippen LogP contribution in [0.2, 0.25) is 0 Å². The van der Waals surface area contributed by atoms with Gasteiger partial charge in [-0.1, -0.05) is 26.2 Å². The molecule has 0 aliphatic heterocycles. The van der Waals surface area contributed by atoms with Gasteiger partial charge in [0.1, 0.15) is 0 Å². The minimum Gasteiger partial charge on any atom is -0.398 e. The Morgan fingerprint density at radius 1 is 1.33 bits per heavy atom. The van der Waals surface area contributed by atoms with E-state index in [1.54, 1.807) is 13.0 Å². The highest BCUT2D eigenvalue weighted by molar-refractivity contribution is 9.10. The molecule has 6 heteroatoms. The third-order valence-corrected chi connectivity index (χ3v) is 6.64. The number of hydrogen-bond donors (Lipinski definition) is 2. The SMILES string of the molecule is CCC1CCCCC1NS(=O)(=O)c1cc(N)c(Br)cc1C. The van der Waals surface area contributed by atoms with Crippen molar-refractivity contribution in [3.63, 3.8) is 0 Å². The summed E-state index contributed by atoms with van der Waals surface area (Å²) in [6.45, 7) is 3.91. The maximum atomic E-state index is 12.7. The van der Waals surface area contributed by atoms with Crippen molar-refractivity contribution < 1.29 is 8.42 Å². The minimum absolute atomic E-state index is 0.0398. The van der Waals surface area contributed by atoms with E-state index in [2.05, 4.69) is 27.6 Å². The van der Waals surface area contributed by atoms with Crippen molar-refractivity contribution in [2.45, 2.75) is 56.9 Å². The van der Waals surface area contributed by atoms with Crippen molar-refractivity contribution in [1.29, 1.82) is 0 Å². The summed E-state index contributed by atoms with van der Waals surface area (Å²) >= 11 is 3.33. The molecule has 3 N–H and O–H groups in total. The maximum absolute atomic E-state index is 12.7. The first-order valence-electron chi connectivity index (χ1n) is 7.43. The van der Waals surface area contributed by atoms with E-state index in [9.17, 15) is 8.42 Å². The number of anilines is 1. The van der Waals surface area contributed by atoms with E-state index in [0.717, 1.165) is 30.2 Å². The highest BCUT2D eigenvalue weighted by atomic mass is 79.9. The van der Waals surface area contributed by atoms with Gasteiger partial charge in [-0.25, -0.2) is 13.1 Å². The summed E-state index contributed by atoms with van der Waals surface area (Å²) in [6, 6.07) is 3.33. The van der Waals surface area contributed by atoms with Gasteiger partial charge < -0.3 is 5.73 Å². The van der Waals surface area contributed by atoms with Crippen molar-refractivity contribution in [1.82, 2.24) is 4.72 Å². The van der Waals surface area contributed by atoms with E-state index in [1.807, 2.05) is 0 Å². The minimum atomic E-state index is -3.52. The first-order chi connectivity index (χ1) is 9.85. The smallest absolute Gasteiger partial charge is 0.241 e. The fourth-order valence-corrected chi connectivity index (χ4v) is 5.13. The number of nitrogen functional groups attached to an aromatic ring is 1. The van der Waals surface area contributed by atoms with Gasteiger partial charge in [-0.2, -0.15) is 0 Å². The van der Waals surface area contributed by atoms with Crippen molar-refractivity contribution in [3.8, 4) is 0 Å². The maximum Gasteiger partial charge on any atom is 0.241 e. The molecule has 0 saturated heterocycles. The van der Waals surface area contributed by atoms with E-state index in [-0.39, 0.29) is 10.9 Å². The van der Waals surface area contributed by atoms with E-state index < -0.39 is 10.0 Å². The standard InChI is InChI=1S/C15H23BrN2O2S/c1-3-11-6-4-5-7-14(11)18-21(19,20)15-9-13(17)12(16)8-10(15)2/h8-9,11,14,18H,3-7,17H2,1-2H3. The third kappa shape index (κ3) is 3.79. The van der Waals surface area contributed by atoms with Gasteiger partial charge in [-0.05, 0) is 59.3 Å². The van der Waals surface area contributed by atoms with Gasteiger partial charge in [0.05, 0.1) is 4.90 Å². The Hall–Kier alpha value is -0.590. The number of nitrogens with one attached hydrogen (secondary N) is 1. The summed E-state index contributed by atoms with van der Waals surface area (Å²) in [6.07, 6.45) is 5.31. The Kier molecular flexibility index (Phi) is 5.33. The lowest BCUT2D eigenvalue weighted by molar-refractivity contribution is 0.282. The second-order valence-corrected chi connectivity index (χ2v) is 8.36. The van der Waals surface area contributed by atoms with Gasteiger partial charge >= 0.3 is 0 Å². The largest absolute Gasteiger partial charge is 0.398 e. The molecule has 0 amide bonds. The van der Waals surface area contributed by atoms with Crippen LogP contribution in [-0.2, 0) is 10.0 Å². The van der Waals surface area contributed by atoms with Gasteiger partial charge in [-0.15, -0.1) is 0 Å². The quantitative estimate of drug-likeness (QED) is 0.790. The zero-order chi connectivity index (χ0) is 15.6. The Morgan fingerprint density at radius 2 is 2.00 bits per heavy atom. The fraction of sp³-hybridized carbons (Fsp3) is 0.600. The number of halogens is 1. The second kappa shape index (κ2) is 6.67. The Bertz CT molecular complexity index is 616. The van der Waals surface area contributed by atoms with Crippen molar-refractivity contribution in [2.24, 2.45) is 5.92 Å². The summed E-state index contributed by atoms with van der Waals surface area (Å²) in [5.41, 5.74) is 6.98. The zero-order valence-electron chi connectivity index (χ0n) is 12.5. The average Bonchev–Trinajstić information content (AvgIpc) is 2.43. The lowest BCUT2D eigenvalue weighted by Gasteiger charge is -2.31. The lowest BCUT2D eigenvalue weighted by atomic mass is 9.83. The molecule has 2 rings (SSSR count). The van der Waals surface area contributed by atoms with E-state index in [0.29, 0.717) is 17.2 Å². The summed E-state index contributed by atoms with van der Waals surface area (Å²) in [5.74, 6) is 0.432. The number of hydrogen-bond acceptors (Lipinski definition) is 3. The molecular weight excluding hydrogens is 352 g/mol. The highest BCUT2D eigenvalue weighted by Crippen LogP contribution is 2.30. The molecule has 1 saturated carbocycles. The van der Waals surface area contributed by atoms with Crippen LogP contribution in [0.15, 0.2) is 21.5 Å². The molecule has 1 aromatic rings.